The second kappa shape index (κ2) is 8.45. The number of hydrogen-bond acceptors (Lipinski definition) is 6. The van der Waals surface area contributed by atoms with Crippen molar-refractivity contribution in [3.63, 3.8) is 0 Å². The highest BCUT2D eigenvalue weighted by atomic mass is 32.1. The lowest BCUT2D eigenvalue weighted by Gasteiger charge is -2.05. The number of anilines is 1. The zero-order chi connectivity index (χ0) is 15.8. The summed E-state index contributed by atoms with van der Waals surface area (Å²) in [6.45, 7) is 2.97. The van der Waals surface area contributed by atoms with Crippen molar-refractivity contribution in [1.82, 2.24) is 10.2 Å². The summed E-state index contributed by atoms with van der Waals surface area (Å²) in [4.78, 5) is 11.4. The molecule has 0 aliphatic rings. The minimum absolute atomic E-state index is 0.141. The first-order valence-electron chi connectivity index (χ1n) is 7.25. The molecule has 22 heavy (non-hydrogen) atoms. The monoisotopic (exact) mass is 320 g/mol. The number of aromatic nitrogens is 2. The average molecular weight is 320 g/mol. The number of rotatable bonds is 8. The summed E-state index contributed by atoms with van der Waals surface area (Å²) < 4.78 is 5.67. The molecule has 3 N–H and O–H groups in total. The van der Waals surface area contributed by atoms with Crippen LogP contribution in [-0.4, -0.2) is 29.3 Å². The van der Waals surface area contributed by atoms with E-state index in [1.54, 1.807) is 0 Å². The normalized spacial score (nSPS) is 10.5. The van der Waals surface area contributed by atoms with Crippen LogP contribution < -0.4 is 15.8 Å². The minimum Gasteiger partial charge on any atom is -0.493 e. The molecule has 2 aromatic rings. The summed E-state index contributed by atoms with van der Waals surface area (Å²) in [5, 5.41) is 12.0. The smallest absolute Gasteiger partial charge is 0.227 e. The fourth-order valence-corrected chi connectivity index (χ4v) is 2.53. The molecule has 6 nitrogen and oxygen atoms in total. The van der Waals surface area contributed by atoms with Crippen molar-refractivity contribution in [2.45, 2.75) is 26.2 Å². The highest BCUT2D eigenvalue weighted by Gasteiger charge is 2.07. The van der Waals surface area contributed by atoms with Crippen molar-refractivity contribution in [1.29, 1.82) is 0 Å². The molecule has 0 radical (unpaired) electrons. The Morgan fingerprint density at radius 3 is 2.77 bits per heavy atom. The van der Waals surface area contributed by atoms with Gasteiger partial charge < -0.3 is 15.8 Å². The van der Waals surface area contributed by atoms with Gasteiger partial charge in [0.2, 0.25) is 11.0 Å². The summed E-state index contributed by atoms with van der Waals surface area (Å²) in [7, 11) is 0. The number of nitrogens with one attached hydrogen (secondary N) is 1. The highest BCUT2D eigenvalue weighted by Crippen LogP contribution is 2.17. The topological polar surface area (TPSA) is 90.1 Å². The number of carbonyl (C=O) groups is 1. The summed E-state index contributed by atoms with van der Waals surface area (Å²) in [6, 6.07) is 8.06. The predicted molar refractivity (Wildman–Crippen MR) is 87.2 cm³/mol. The molecule has 0 saturated heterocycles. The van der Waals surface area contributed by atoms with Gasteiger partial charge in [0.25, 0.3) is 0 Å². The Labute approximate surface area is 133 Å². The molecule has 0 aliphatic carbocycles. The van der Waals surface area contributed by atoms with E-state index in [9.17, 15) is 4.79 Å². The minimum atomic E-state index is -0.141. The lowest BCUT2D eigenvalue weighted by molar-refractivity contribution is -0.116. The van der Waals surface area contributed by atoms with Gasteiger partial charge in [-0.2, -0.15) is 0 Å². The molecule has 0 unspecified atom stereocenters. The van der Waals surface area contributed by atoms with E-state index in [0.29, 0.717) is 24.7 Å². The molecule has 0 bridgehead atoms. The lowest BCUT2D eigenvalue weighted by Crippen LogP contribution is -2.15. The van der Waals surface area contributed by atoms with Crippen LogP contribution in [0.25, 0.3) is 0 Å². The van der Waals surface area contributed by atoms with Gasteiger partial charge in [-0.15, -0.1) is 10.2 Å². The van der Waals surface area contributed by atoms with Gasteiger partial charge in [0.1, 0.15) is 10.8 Å². The fraction of sp³-hybridized carbons (Fsp3) is 0.400. The van der Waals surface area contributed by atoms with Crippen LogP contribution >= 0.6 is 11.3 Å². The van der Waals surface area contributed by atoms with E-state index in [1.165, 1.54) is 16.9 Å². The van der Waals surface area contributed by atoms with Gasteiger partial charge in [0, 0.05) is 19.4 Å². The van der Waals surface area contributed by atoms with Crippen LogP contribution in [-0.2, 0) is 17.6 Å². The predicted octanol–water partition coefficient (Wildman–Crippen LogP) is 2.01. The number of carbonyl (C=O) groups excluding carboxylic acids is 1. The van der Waals surface area contributed by atoms with E-state index in [-0.39, 0.29) is 12.3 Å². The number of nitrogens with zero attached hydrogens (tertiary/aromatic N) is 2. The summed E-state index contributed by atoms with van der Waals surface area (Å²) >= 11 is 1.35. The van der Waals surface area contributed by atoms with Crippen molar-refractivity contribution < 1.29 is 9.53 Å². The summed E-state index contributed by atoms with van der Waals surface area (Å²) in [5.41, 5.74) is 6.60. The van der Waals surface area contributed by atoms with E-state index in [2.05, 4.69) is 34.6 Å². The van der Waals surface area contributed by atoms with E-state index < -0.39 is 0 Å². The Morgan fingerprint density at radius 1 is 1.32 bits per heavy atom. The van der Waals surface area contributed by atoms with Crippen LogP contribution in [0.2, 0.25) is 0 Å². The van der Waals surface area contributed by atoms with Gasteiger partial charge in [0.05, 0.1) is 6.61 Å². The molecule has 1 aromatic carbocycles. The largest absolute Gasteiger partial charge is 0.493 e. The fourth-order valence-electron chi connectivity index (χ4n) is 1.80. The van der Waals surface area contributed by atoms with E-state index >= 15 is 0 Å². The van der Waals surface area contributed by atoms with Gasteiger partial charge in [-0.25, -0.2) is 0 Å². The molecule has 0 atom stereocenters. The van der Waals surface area contributed by atoms with Crippen molar-refractivity contribution in [3.8, 4) is 5.75 Å². The van der Waals surface area contributed by atoms with Crippen LogP contribution in [0.4, 0.5) is 5.13 Å². The van der Waals surface area contributed by atoms with Crippen LogP contribution in [0.3, 0.4) is 0 Å². The van der Waals surface area contributed by atoms with Gasteiger partial charge in [-0.05, 0) is 24.1 Å². The third kappa shape index (κ3) is 5.09. The van der Waals surface area contributed by atoms with E-state index in [4.69, 9.17) is 10.5 Å². The van der Waals surface area contributed by atoms with Crippen molar-refractivity contribution in [2.75, 3.05) is 18.5 Å². The Kier molecular flexibility index (Phi) is 6.29. The summed E-state index contributed by atoms with van der Waals surface area (Å²) in [6.07, 6.45) is 1.95. The van der Waals surface area contributed by atoms with E-state index in [1.807, 2.05) is 12.1 Å². The first kappa shape index (κ1) is 16.4. The lowest BCUT2D eigenvalue weighted by atomic mass is 10.2. The third-order valence-corrected chi connectivity index (χ3v) is 3.90. The first-order valence-corrected chi connectivity index (χ1v) is 8.07. The molecule has 2 rings (SSSR count). The van der Waals surface area contributed by atoms with Crippen molar-refractivity contribution in [3.05, 3.63) is 34.8 Å². The van der Waals surface area contributed by atoms with Crippen LogP contribution in [0.1, 0.15) is 23.9 Å². The highest BCUT2D eigenvalue weighted by molar-refractivity contribution is 7.15. The number of benzene rings is 1. The van der Waals surface area contributed by atoms with Gasteiger partial charge in [-0.3, -0.25) is 4.79 Å². The van der Waals surface area contributed by atoms with Crippen LogP contribution in [0.5, 0.6) is 5.75 Å². The standard InChI is InChI=1S/C15H20N4O2S/c1-2-11-3-5-12(6-4-11)21-10-8-14-18-19-15(22-14)17-13(20)7-9-16/h3-6H,2,7-10,16H2,1H3,(H,17,19,20). The molecule has 0 fully saturated rings. The maximum atomic E-state index is 11.4. The quantitative estimate of drug-likeness (QED) is 0.776. The molecule has 0 saturated carbocycles. The molecular formula is C15H20N4O2S. The Bertz CT molecular complexity index is 598. The Hall–Kier alpha value is -1.99. The second-order valence-electron chi connectivity index (χ2n) is 4.68. The number of aryl methyl sites for hydroxylation is 1. The van der Waals surface area contributed by atoms with Gasteiger partial charge >= 0.3 is 0 Å². The number of amides is 1. The first-order chi connectivity index (χ1) is 10.7. The maximum Gasteiger partial charge on any atom is 0.227 e. The zero-order valence-electron chi connectivity index (χ0n) is 12.5. The molecule has 0 aliphatic heterocycles. The zero-order valence-corrected chi connectivity index (χ0v) is 13.4. The molecule has 118 valence electrons. The summed E-state index contributed by atoms with van der Waals surface area (Å²) in [5.74, 6) is 0.704. The number of ether oxygens (including phenoxy) is 1. The Balaban J connectivity index is 1.77. The molecular weight excluding hydrogens is 300 g/mol. The van der Waals surface area contributed by atoms with Crippen molar-refractivity contribution >= 4 is 22.4 Å². The van der Waals surface area contributed by atoms with Crippen molar-refractivity contribution in [2.24, 2.45) is 5.73 Å². The molecule has 7 heteroatoms. The van der Waals surface area contributed by atoms with E-state index in [0.717, 1.165) is 17.2 Å². The third-order valence-electron chi connectivity index (χ3n) is 3.00. The SMILES string of the molecule is CCc1ccc(OCCc2nnc(NC(=O)CCN)s2)cc1. The average Bonchev–Trinajstić information content (AvgIpc) is 2.95. The second-order valence-corrected chi connectivity index (χ2v) is 5.75. The Morgan fingerprint density at radius 2 is 2.09 bits per heavy atom. The van der Waals surface area contributed by atoms with Gasteiger partial charge in [-0.1, -0.05) is 30.4 Å². The molecule has 1 aromatic heterocycles. The number of nitrogens with two attached hydrogens (primary N) is 1. The molecule has 1 heterocycles. The van der Waals surface area contributed by atoms with Gasteiger partial charge in [0.15, 0.2) is 0 Å². The van der Waals surface area contributed by atoms with Crippen LogP contribution in [0.15, 0.2) is 24.3 Å². The van der Waals surface area contributed by atoms with Crippen LogP contribution in [0, 0.1) is 0 Å². The number of hydrogen-bond donors (Lipinski definition) is 2. The molecule has 0 spiro atoms. The molecule has 1 amide bonds. The maximum absolute atomic E-state index is 11.4.